The number of rotatable bonds is 7. The number of pyridine rings is 1. The average Bonchev–Trinajstić information content (AvgIpc) is 3.28. The van der Waals surface area contributed by atoms with Crippen molar-refractivity contribution in [1.29, 1.82) is 10.5 Å². The van der Waals surface area contributed by atoms with Crippen molar-refractivity contribution in [3.05, 3.63) is 53.8 Å². The molecule has 0 atom stereocenters. The van der Waals surface area contributed by atoms with Gasteiger partial charge in [0.15, 0.2) is 0 Å². The second-order valence-corrected chi connectivity index (χ2v) is 7.06. The minimum atomic E-state index is -0.210. The van der Waals surface area contributed by atoms with Crippen LogP contribution in [0.4, 0.5) is 11.5 Å². The molecular formula is C21H17N5O3S. The molecule has 3 N–H and O–H groups in total. The average molecular weight is 419 g/mol. The third kappa shape index (κ3) is 4.37. The van der Waals surface area contributed by atoms with Crippen LogP contribution in [0.5, 0.6) is 5.75 Å². The Bertz CT molecular complexity index is 1150. The number of methoxy groups -OCH3 is 1. The highest BCUT2D eigenvalue weighted by atomic mass is 32.2. The Morgan fingerprint density at radius 2 is 2.00 bits per heavy atom. The van der Waals surface area contributed by atoms with Crippen molar-refractivity contribution in [2.24, 2.45) is 0 Å². The van der Waals surface area contributed by atoms with Crippen LogP contribution in [0.1, 0.15) is 17.5 Å². The molecule has 0 spiro atoms. The van der Waals surface area contributed by atoms with E-state index in [2.05, 4.69) is 16.4 Å². The zero-order valence-electron chi connectivity index (χ0n) is 16.0. The number of nitrogen functional groups attached to an aromatic ring is 1. The Kier molecular flexibility index (Phi) is 6.58. The molecule has 0 fully saturated rings. The highest BCUT2D eigenvalue weighted by Crippen LogP contribution is 2.36. The van der Waals surface area contributed by atoms with Gasteiger partial charge in [-0.25, -0.2) is 4.98 Å². The number of benzene rings is 1. The van der Waals surface area contributed by atoms with E-state index in [0.29, 0.717) is 33.5 Å². The molecule has 8 nitrogen and oxygen atoms in total. The summed E-state index contributed by atoms with van der Waals surface area (Å²) in [6, 6.07) is 14.5. The number of nitrogens with one attached hydrogen (secondary N) is 1. The van der Waals surface area contributed by atoms with Gasteiger partial charge >= 0.3 is 0 Å². The van der Waals surface area contributed by atoms with Crippen molar-refractivity contribution in [2.45, 2.75) is 11.4 Å². The number of furan rings is 1. The second-order valence-electron chi connectivity index (χ2n) is 5.98. The van der Waals surface area contributed by atoms with Crippen LogP contribution in [-0.4, -0.2) is 23.8 Å². The van der Waals surface area contributed by atoms with Crippen LogP contribution in [0.25, 0.3) is 11.3 Å². The number of para-hydroxylation sites is 2. The smallest absolute Gasteiger partial charge is 0.225 e. The second kappa shape index (κ2) is 9.50. The number of aromatic nitrogens is 1. The lowest BCUT2D eigenvalue weighted by Gasteiger charge is -2.12. The number of thioether (sulfide) groups is 1. The van der Waals surface area contributed by atoms with Crippen molar-refractivity contribution in [2.75, 3.05) is 23.9 Å². The van der Waals surface area contributed by atoms with Crippen molar-refractivity contribution in [1.82, 2.24) is 4.98 Å². The number of amides is 1. The van der Waals surface area contributed by atoms with E-state index in [0.717, 1.165) is 0 Å². The lowest BCUT2D eigenvalue weighted by molar-refractivity contribution is -0.115. The van der Waals surface area contributed by atoms with Gasteiger partial charge in [-0.15, -0.1) is 11.8 Å². The van der Waals surface area contributed by atoms with Gasteiger partial charge in [-0.2, -0.15) is 10.5 Å². The molecule has 0 bridgehead atoms. The van der Waals surface area contributed by atoms with E-state index in [1.165, 1.54) is 25.1 Å². The molecule has 30 heavy (non-hydrogen) atoms. The van der Waals surface area contributed by atoms with E-state index < -0.39 is 0 Å². The monoisotopic (exact) mass is 419 g/mol. The number of carbonyl (C=O) groups is 1. The van der Waals surface area contributed by atoms with E-state index in [1.54, 1.807) is 30.3 Å². The van der Waals surface area contributed by atoms with E-state index in [-0.39, 0.29) is 29.3 Å². The molecule has 9 heteroatoms. The number of hydrogen-bond donors (Lipinski definition) is 2. The maximum absolute atomic E-state index is 12.3. The maximum atomic E-state index is 12.3. The number of nitrogens with zero attached hydrogens (tertiary/aromatic N) is 3. The zero-order valence-corrected chi connectivity index (χ0v) is 16.8. The van der Waals surface area contributed by atoms with Crippen molar-refractivity contribution >= 4 is 29.2 Å². The van der Waals surface area contributed by atoms with Crippen LogP contribution in [0.3, 0.4) is 0 Å². The van der Waals surface area contributed by atoms with E-state index in [9.17, 15) is 15.3 Å². The number of anilines is 2. The van der Waals surface area contributed by atoms with Crippen LogP contribution >= 0.6 is 11.8 Å². The maximum Gasteiger partial charge on any atom is 0.225 e. The minimum absolute atomic E-state index is 0.00359. The summed E-state index contributed by atoms with van der Waals surface area (Å²) >= 11 is 1.21. The van der Waals surface area contributed by atoms with Gasteiger partial charge in [0.2, 0.25) is 5.91 Å². The summed E-state index contributed by atoms with van der Waals surface area (Å²) in [7, 11) is 1.53. The normalized spacial score (nSPS) is 10.1. The van der Waals surface area contributed by atoms with E-state index in [1.807, 2.05) is 12.1 Å². The molecule has 0 radical (unpaired) electrons. The van der Waals surface area contributed by atoms with Crippen LogP contribution in [0.2, 0.25) is 0 Å². The predicted molar refractivity (Wildman–Crippen MR) is 113 cm³/mol. The third-order valence-corrected chi connectivity index (χ3v) is 5.11. The van der Waals surface area contributed by atoms with Gasteiger partial charge in [0.05, 0.1) is 30.2 Å². The molecule has 0 aliphatic carbocycles. The molecule has 3 aromatic rings. The molecule has 0 aliphatic heterocycles. The molecular weight excluding hydrogens is 402 g/mol. The topological polar surface area (TPSA) is 138 Å². The Balaban J connectivity index is 1.77. The highest BCUT2D eigenvalue weighted by molar-refractivity contribution is 7.99. The first-order valence-corrected chi connectivity index (χ1v) is 9.80. The van der Waals surface area contributed by atoms with Gasteiger partial charge in [-0.3, -0.25) is 4.79 Å². The number of nitriles is 2. The first-order valence-electron chi connectivity index (χ1n) is 8.82. The summed E-state index contributed by atoms with van der Waals surface area (Å²) in [6.07, 6.45) is 1.62. The Morgan fingerprint density at radius 3 is 2.67 bits per heavy atom. The largest absolute Gasteiger partial charge is 0.495 e. The summed E-state index contributed by atoms with van der Waals surface area (Å²) in [5.41, 5.74) is 7.09. The summed E-state index contributed by atoms with van der Waals surface area (Å²) in [5, 5.41) is 22.3. The molecule has 0 aliphatic rings. The Morgan fingerprint density at radius 1 is 1.23 bits per heavy atom. The van der Waals surface area contributed by atoms with Crippen LogP contribution in [-0.2, 0) is 4.79 Å². The molecule has 1 aromatic carbocycles. The molecule has 0 unspecified atom stereocenters. The van der Waals surface area contributed by atoms with Crippen LogP contribution in [0, 0.1) is 22.7 Å². The highest BCUT2D eigenvalue weighted by Gasteiger charge is 2.22. The van der Waals surface area contributed by atoms with Crippen molar-refractivity contribution in [3.8, 4) is 29.2 Å². The summed E-state index contributed by atoms with van der Waals surface area (Å²) < 4.78 is 10.6. The summed E-state index contributed by atoms with van der Waals surface area (Å²) in [4.78, 5) is 16.5. The zero-order chi connectivity index (χ0) is 21.5. The van der Waals surface area contributed by atoms with Gasteiger partial charge in [0.1, 0.15) is 40.1 Å². The van der Waals surface area contributed by atoms with Crippen LogP contribution in [0.15, 0.2) is 52.1 Å². The third-order valence-electron chi connectivity index (χ3n) is 4.13. The van der Waals surface area contributed by atoms with E-state index in [4.69, 9.17) is 14.9 Å². The SMILES string of the molecule is COc1ccccc1NC(=O)CCSc1nc(N)c(C#N)c(-c2ccco2)c1C#N. The van der Waals surface area contributed by atoms with Crippen LogP contribution < -0.4 is 15.8 Å². The molecule has 2 heterocycles. The van der Waals surface area contributed by atoms with Crippen molar-refractivity contribution in [3.63, 3.8) is 0 Å². The number of nitrogens with two attached hydrogens (primary N) is 1. The number of ether oxygens (including phenoxy) is 1. The van der Waals surface area contributed by atoms with E-state index >= 15 is 0 Å². The summed E-state index contributed by atoms with van der Waals surface area (Å²) in [5.74, 6) is 1.07. The standard InChI is InChI=1S/C21H17N5O3S/c1-28-16-6-3-2-5-15(16)25-18(27)8-10-30-21-14(12-23)19(17-7-4-9-29-17)13(11-22)20(24)26-21/h2-7,9H,8,10H2,1H3,(H2,24,26)(H,25,27). The molecule has 3 rings (SSSR count). The van der Waals surface area contributed by atoms with Crippen molar-refractivity contribution < 1.29 is 13.9 Å². The van der Waals surface area contributed by atoms with Gasteiger partial charge in [-0.05, 0) is 24.3 Å². The lowest BCUT2D eigenvalue weighted by Crippen LogP contribution is -2.13. The quantitative estimate of drug-likeness (QED) is 0.552. The van der Waals surface area contributed by atoms with Gasteiger partial charge in [-0.1, -0.05) is 12.1 Å². The lowest BCUT2D eigenvalue weighted by atomic mass is 10.0. The molecule has 1 amide bonds. The molecule has 150 valence electrons. The minimum Gasteiger partial charge on any atom is -0.495 e. The fourth-order valence-corrected chi connectivity index (χ4v) is 3.71. The predicted octanol–water partition coefficient (Wildman–Crippen LogP) is 3.80. The summed E-state index contributed by atoms with van der Waals surface area (Å²) in [6.45, 7) is 0. The molecule has 0 saturated carbocycles. The fourth-order valence-electron chi connectivity index (χ4n) is 2.77. The Labute approximate surface area is 177 Å². The molecule has 0 saturated heterocycles. The van der Waals surface area contributed by atoms with Gasteiger partial charge in [0, 0.05) is 12.2 Å². The fraction of sp³-hybridized carbons (Fsp3) is 0.143. The first kappa shape index (κ1) is 20.8. The first-order chi connectivity index (χ1) is 14.6. The van der Waals surface area contributed by atoms with Gasteiger partial charge in [0.25, 0.3) is 0 Å². The Hall–Kier alpha value is -3.95. The van der Waals surface area contributed by atoms with Gasteiger partial charge < -0.3 is 20.2 Å². The number of hydrogen-bond acceptors (Lipinski definition) is 8. The number of carbonyl (C=O) groups excluding carboxylic acids is 1. The molecule has 2 aromatic heterocycles.